The van der Waals surface area contributed by atoms with Crippen molar-refractivity contribution >= 4 is 11.6 Å². The average molecular weight is 220 g/mol. The highest BCUT2D eigenvalue weighted by Gasteiger charge is 2.25. The van der Waals surface area contributed by atoms with E-state index in [1.54, 1.807) is 0 Å². The van der Waals surface area contributed by atoms with Gasteiger partial charge in [0.2, 0.25) is 0 Å². The second-order valence-corrected chi connectivity index (χ2v) is 4.19. The maximum Gasteiger partial charge on any atom is 0.275 e. The SMILES string of the molecule is CONC(=O)c1cc(C2CC2)cc(N)c1C. The van der Waals surface area contributed by atoms with Crippen molar-refractivity contribution in [1.29, 1.82) is 0 Å². The number of amides is 1. The Bertz CT molecular complexity index is 425. The van der Waals surface area contributed by atoms with Crippen LogP contribution >= 0.6 is 0 Å². The largest absolute Gasteiger partial charge is 0.398 e. The number of carbonyl (C=O) groups is 1. The van der Waals surface area contributed by atoms with Gasteiger partial charge in [-0.15, -0.1) is 0 Å². The van der Waals surface area contributed by atoms with Gasteiger partial charge in [-0.2, -0.15) is 0 Å². The van der Waals surface area contributed by atoms with Crippen LogP contribution < -0.4 is 11.2 Å². The monoisotopic (exact) mass is 220 g/mol. The van der Waals surface area contributed by atoms with Gasteiger partial charge in [0.05, 0.1) is 7.11 Å². The molecule has 1 amide bonds. The molecule has 1 aromatic carbocycles. The lowest BCUT2D eigenvalue weighted by molar-refractivity contribution is 0.0537. The number of nitrogens with two attached hydrogens (primary N) is 1. The number of hydrogen-bond acceptors (Lipinski definition) is 3. The maximum atomic E-state index is 11.7. The van der Waals surface area contributed by atoms with E-state index in [1.807, 2.05) is 19.1 Å². The predicted molar refractivity (Wildman–Crippen MR) is 62.0 cm³/mol. The maximum absolute atomic E-state index is 11.7. The Kier molecular flexibility index (Phi) is 2.83. The normalized spacial score (nSPS) is 14.9. The first-order chi connectivity index (χ1) is 7.63. The number of benzene rings is 1. The van der Waals surface area contributed by atoms with Crippen LogP contribution in [-0.2, 0) is 4.84 Å². The van der Waals surface area contributed by atoms with Crippen LogP contribution in [0.5, 0.6) is 0 Å². The smallest absolute Gasteiger partial charge is 0.275 e. The minimum Gasteiger partial charge on any atom is -0.398 e. The summed E-state index contributed by atoms with van der Waals surface area (Å²) in [4.78, 5) is 16.3. The second kappa shape index (κ2) is 4.14. The van der Waals surface area contributed by atoms with E-state index in [1.165, 1.54) is 20.0 Å². The Morgan fingerprint density at radius 1 is 1.50 bits per heavy atom. The standard InChI is InChI=1S/C12H16N2O2/c1-7-10(12(15)14-16-2)5-9(6-11(7)13)8-3-4-8/h5-6,8H,3-4,13H2,1-2H3,(H,14,15). The van der Waals surface area contributed by atoms with E-state index in [9.17, 15) is 4.79 Å². The van der Waals surface area contributed by atoms with Crippen LogP contribution in [0.3, 0.4) is 0 Å². The summed E-state index contributed by atoms with van der Waals surface area (Å²) < 4.78 is 0. The zero-order chi connectivity index (χ0) is 11.7. The molecule has 86 valence electrons. The molecular weight excluding hydrogens is 204 g/mol. The topological polar surface area (TPSA) is 64.3 Å². The Hall–Kier alpha value is -1.55. The molecular formula is C12H16N2O2. The van der Waals surface area contributed by atoms with Gasteiger partial charge < -0.3 is 5.73 Å². The Morgan fingerprint density at radius 3 is 2.75 bits per heavy atom. The molecule has 4 heteroatoms. The van der Waals surface area contributed by atoms with Crippen molar-refractivity contribution in [2.24, 2.45) is 0 Å². The van der Waals surface area contributed by atoms with Crippen molar-refractivity contribution in [2.75, 3.05) is 12.8 Å². The lowest BCUT2D eigenvalue weighted by atomic mass is 10.00. The molecule has 1 aliphatic carbocycles. The van der Waals surface area contributed by atoms with Crippen LogP contribution in [0.1, 0.15) is 40.2 Å². The third kappa shape index (κ3) is 2.02. The van der Waals surface area contributed by atoms with Crippen molar-refractivity contribution in [2.45, 2.75) is 25.7 Å². The van der Waals surface area contributed by atoms with Gasteiger partial charge in [0.1, 0.15) is 0 Å². The molecule has 0 atom stereocenters. The van der Waals surface area contributed by atoms with Crippen molar-refractivity contribution in [3.63, 3.8) is 0 Å². The van der Waals surface area contributed by atoms with Crippen LogP contribution in [0.4, 0.5) is 5.69 Å². The quantitative estimate of drug-likeness (QED) is 0.602. The third-order valence-corrected chi connectivity index (χ3v) is 2.96. The van der Waals surface area contributed by atoms with E-state index < -0.39 is 0 Å². The summed E-state index contributed by atoms with van der Waals surface area (Å²) in [6, 6.07) is 3.88. The molecule has 0 bridgehead atoms. The summed E-state index contributed by atoms with van der Waals surface area (Å²) in [7, 11) is 1.42. The summed E-state index contributed by atoms with van der Waals surface area (Å²) in [6.45, 7) is 1.84. The third-order valence-electron chi connectivity index (χ3n) is 2.96. The van der Waals surface area contributed by atoms with E-state index in [0.29, 0.717) is 17.2 Å². The van der Waals surface area contributed by atoms with Crippen LogP contribution in [-0.4, -0.2) is 13.0 Å². The fourth-order valence-electron chi connectivity index (χ4n) is 1.80. The molecule has 0 unspecified atom stereocenters. The van der Waals surface area contributed by atoms with Crippen LogP contribution in [0.25, 0.3) is 0 Å². The molecule has 0 saturated heterocycles. The number of carbonyl (C=O) groups excluding carboxylic acids is 1. The summed E-state index contributed by atoms with van der Waals surface area (Å²) in [5.41, 5.74) is 11.5. The number of hydroxylamine groups is 1. The molecule has 0 aromatic heterocycles. The zero-order valence-electron chi connectivity index (χ0n) is 9.54. The fraction of sp³-hybridized carbons (Fsp3) is 0.417. The molecule has 16 heavy (non-hydrogen) atoms. The summed E-state index contributed by atoms with van der Waals surface area (Å²) >= 11 is 0. The summed E-state index contributed by atoms with van der Waals surface area (Å²) in [6.07, 6.45) is 2.38. The first kappa shape index (κ1) is 11.0. The lowest BCUT2D eigenvalue weighted by Crippen LogP contribution is -2.23. The first-order valence-corrected chi connectivity index (χ1v) is 5.37. The molecule has 1 fully saturated rings. The molecule has 1 saturated carbocycles. The Labute approximate surface area is 94.7 Å². The van der Waals surface area contributed by atoms with Crippen molar-refractivity contribution in [1.82, 2.24) is 5.48 Å². The van der Waals surface area contributed by atoms with Gasteiger partial charge in [-0.05, 0) is 48.9 Å². The van der Waals surface area contributed by atoms with Gasteiger partial charge in [-0.25, -0.2) is 5.48 Å². The Morgan fingerprint density at radius 2 is 2.19 bits per heavy atom. The number of nitrogen functional groups attached to an aromatic ring is 1. The molecule has 4 nitrogen and oxygen atoms in total. The van der Waals surface area contributed by atoms with Crippen molar-refractivity contribution in [3.05, 3.63) is 28.8 Å². The summed E-state index contributed by atoms with van der Waals surface area (Å²) in [5.74, 6) is 0.339. The van der Waals surface area contributed by atoms with Crippen LogP contribution in [0.15, 0.2) is 12.1 Å². The van der Waals surface area contributed by atoms with E-state index >= 15 is 0 Å². The average Bonchev–Trinajstić information content (AvgIpc) is 3.05. The number of hydrogen-bond donors (Lipinski definition) is 2. The molecule has 0 spiro atoms. The molecule has 2 rings (SSSR count). The number of nitrogens with one attached hydrogen (secondary N) is 1. The van der Waals surface area contributed by atoms with E-state index in [2.05, 4.69) is 10.3 Å². The minimum atomic E-state index is -0.241. The van der Waals surface area contributed by atoms with Crippen molar-refractivity contribution < 1.29 is 9.63 Å². The van der Waals surface area contributed by atoms with E-state index in [0.717, 1.165) is 11.1 Å². The summed E-state index contributed by atoms with van der Waals surface area (Å²) in [5, 5.41) is 0. The van der Waals surface area contributed by atoms with Crippen molar-refractivity contribution in [3.8, 4) is 0 Å². The first-order valence-electron chi connectivity index (χ1n) is 5.37. The highest BCUT2D eigenvalue weighted by atomic mass is 16.6. The van der Waals surface area contributed by atoms with Gasteiger partial charge in [-0.1, -0.05) is 0 Å². The molecule has 0 heterocycles. The highest BCUT2D eigenvalue weighted by Crippen LogP contribution is 2.41. The second-order valence-electron chi connectivity index (χ2n) is 4.19. The Balaban J connectivity index is 2.37. The fourth-order valence-corrected chi connectivity index (χ4v) is 1.80. The number of rotatable bonds is 3. The molecule has 0 aliphatic heterocycles. The van der Waals surface area contributed by atoms with Gasteiger partial charge in [0, 0.05) is 11.3 Å². The molecule has 0 radical (unpaired) electrons. The van der Waals surface area contributed by atoms with Gasteiger partial charge in [0.15, 0.2) is 0 Å². The molecule has 1 aromatic rings. The van der Waals surface area contributed by atoms with Gasteiger partial charge in [0.25, 0.3) is 5.91 Å². The molecule has 1 aliphatic rings. The lowest BCUT2D eigenvalue weighted by Gasteiger charge is -2.11. The van der Waals surface area contributed by atoms with Crippen LogP contribution in [0, 0.1) is 6.92 Å². The predicted octanol–water partition coefficient (Wildman–Crippen LogP) is 1.75. The molecule has 3 N–H and O–H groups in total. The number of anilines is 1. The zero-order valence-corrected chi connectivity index (χ0v) is 9.54. The highest BCUT2D eigenvalue weighted by molar-refractivity contribution is 5.96. The van der Waals surface area contributed by atoms with E-state index in [4.69, 9.17) is 5.73 Å². The van der Waals surface area contributed by atoms with Gasteiger partial charge >= 0.3 is 0 Å². The van der Waals surface area contributed by atoms with Crippen LogP contribution in [0.2, 0.25) is 0 Å². The minimum absolute atomic E-state index is 0.241. The van der Waals surface area contributed by atoms with Gasteiger partial charge in [-0.3, -0.25) is 9.63 Å². The van der Waals surface area contributed by atoms with E-state index in [-0.39, 0.29) is 5.91 Å².